The van der Waals surface area contributed by atoms with Crippen LogP contribution in [0.1, 0.15) is 11.4 Å². The molecule has 16 nitrogen and oxygen atoms in total. The van der Waals surface area contributed by atoms with Gasteiger partial charge in [-0.05, 0) is 0 Å². The molecule has 5 aromatic rings. The molecule has 8 bridgehead atoms. The van der Waals surface area contributed by atoms with E-state index >= 15 is 0 Å². The van der Waals surface area contributed by atoms with Crippen LogP contribution in [0.15, 0.2) is 20.0 Å². The van der Waals surface area contributed by atoms with Crippen molar-refractivity contribution in [3.8, 4) is 11.4 Å². The molecule has 3 N–H and O–H groups in total. The number of aromatic nitrogens is 11. The van der Waals surface area contributed by atoms with Crippen molar-refractivity contribution in [2.45, 2.75) is 0 Å². The Hall–Kier alpha value is -3.29. The number of aromatic amines is 3. The van der Waals surface area contributed by atoms with Crippen LogP contribution in [-0.4, -0.2) is 118 Å². The second-order valence-electron chi connectivity index (χ2n) is 7.50. The van der Waals surface area contributed by atoms with Crippen molar-refractivity contribution in [2.24, 2.45) is 20.0 Å². The van der Waals surface area contributed by atoms with E-state index in [1.165, 1.54) is 0 Å². The van der Waals surface area contributed by atoms with Gasteiger partial charge in [-0.25, -0.2) is 0 Å². The first-order valence-electron chi connectivity index (χ1n) is 9.98. The van der Waals surface area contributed by atoms with E-state index < -0.39 is 0 Å². The minimum atomic E-state index is -0.290. The molecule has 5 aromatic heterocycles. The maximum atomic E-state index is 4.81. The molecular weight excluding hydrogens is 732 g/mol. The third kappa shape index (κ3) is 2.67. The molecule has 0 saturated heterocycles. The van der Waals surface area contributed by atoms with Crippen LogP contribution in [-0.2, 0) is 0 Å². The summed E-state index contributed by atoms with van der Waals surface area (Å²) in [4.78, 5) is 30.1. The van der Waals surface area contributed by atoms with Crippen LogP contribution >= 0.6 is 0 Å². The number of rotatable bonds is 0. The van der Waals surface area contributed by atoms with Gasteiger partial charge in [0.2, 0.25) is 0 Å². The van der Waals surface area contributed by atoms with E-state index in [1.54, 1.807) is 0 Å². The van der Waals surface area contributed by atoms with Gasteiger partial charge in [0.1, 0.15) is 0 Å². The molecule has 0 saturated carbocycles. The number of hydrogen-bond donors (Lipinski definition) is 3. The summed E-state index contributed by atoms with van der Waals surface area (Å²) in [5.74, 6) is 1.70. The number of aliphatic imine (C=N–C) groups is 2. The van der Waals surface area contributed by atoms with Crippen LogP contribution in [0.5, 0.6) is 0 Å². The third-order valence-corrected chi connectivity index (χ3v) is 10.0. The van der Waals surface area contributed by atoms with Crippen molar-refractivity contribution in [1.82, 2.24) is 51.5 Å². The van der Waals surface area contributed by atoms with Gasteiger partial charge in [-0.3, -0.25) is 0 Å². The van der Waals surface area contributed by atoms with Gasteiger partial charge >= 0.3 is 221 Å². The maximum absolute atomic E-state index is 4.81. The third-order valence-electron chi connectivity index (χ3n) is 5.51. The first-order chi connectivity index (χ1) is 17.8. The fourth-order valence-electron chi connectivity index (χ4n) is 3.93. The molecule has 0 aliphatic carbocycles. The Kier molecular flexibility index (Phi) is 3.94. The van der Waals surface area contributed by atoms with Crippen LogP contribution in [0, 0.1) is 0 Å². The van der Waals surface area contributed by atoms with E-state index in [1.807, 2.05) is 0 Å². The molecule has 170 valence electrons. The number of nitrogens with zero attached hydrogens (tertiary/aromatic N) is 13. The van der Waals surface area contributed by atoms with Gasteiger partial charge in [0, 0.05) is 0 Å². The summed E-state index contributed by atoms with van der Waals surface area (Å²) in [5, 5.41) is 0. The van der Waals surface area contributed by atoms with Gasteiger partial charge in [-0.1, -0.05) is 0 Å². The van der Waals surface area contributed by atoms with Gasteiger partial charge < -0.3 is 0 Å². The second kappa shape index (κ2) is 7.14. The van der Waals surface area contributed by atoms with Crippen molar-refractivity contribution in [2.75, 3.05) is 0 Å². The van der Waals surface area contributed by atoms with Gasteiger partial charge in [-0.2, -0.15) is 0 Å². The Balaban J connectivity index is 1.51. The van der Waals surface area contributed by atoms with Crippen LogP contribution in [0.4, 0.5) is 11.6 Å². The molecule has 4 aliphatic rings. The van der Waals surface area contributed by atoms with Gasteiger partial charge in [0.25, 0.3) is 0 Å². The van der Waals surface area contributed by atoms with E-state index in [9.17, 15) is 0 Å². The summed E-state index contributed by atoms with van der Waals surface area (Å²) < 4.78 is 40.0. The molecule has 0 atom stereocenters. The van der Waals surface area contributed by atoms with Crippen molar-refractivity contribution in [1.29, 1.82) is 0 Å². The van der Waals surface area contributed by atoms with Crippen molar-refractivity contribution in [3.05, 3.63) is 33.3 Å². The fourth-order valence-corrected chi connectivity index (χ4v) is 8.61. The molecule has 9 heterocycles. The standard InChI is InChI=1S/C16H2N16Se4/c17-9-1-2(26-33-25-1)10(17)22-12-5-6(30-35-29-5)14(19-12)24-16-8-7(31-36-32-8)15(20-16)23-13-4-3(27-34-28-4)11(18-13)21-9/h(H2,17,18,19,20,21,22,23,24,25,26,27,28,29,30,31,32)/p+1. The van der Waals surface area contributed by atoms with Crippen molar-refractivity contribution in [3.63, 3.8) is 0 Å². The van der Waals surface area contributed by atoms with Crippen LogP contribution < -0.4 is 26.6 Å². The number of amidine groups is 2. The molecule has 20 heteroatoms. The van der Waals surface area contributed by atoms with Gasteiger partial charge in [0.15, 0.2) is 0 Å². The summed E-state index contributed by atoms with van der Waals surface area (Å²) in [7, 11) is 0. The average Bonchev–Trinajstić information content (AvgIpc) is 3.67. The summed E-state index contributed by atoms with van der Waals surface area (Å²) in [6, 6.07) is 0. The van der Waals surface area contributed by atoms with E-state index in [0.29, 0.717) is 84.4 Å². The zero-order chi connectivity index (χ0) is 23.4. The van der Waals surface area contributed by atoms with Crippen LogP contribution in [0.25, 0.3) is 33.5 Å². The molecule has 4 aliphatic heterocycles. The van der Waals surface area contributed by atoms with Gasteiger partial charge in [0.05, 0.1) is 0 Å². The fraction of sp³-hybridized carbons (Fsp3) is 0. The molecular formula is C16H3N16Se4+. The zero-order valence-electron chi connectivity index (χ0n) is 16.9. The molecule has 9 rings (SSSR count). The summed E-state index contributed by atoms with van der Waals surface area (Å²) in [5.41, 5.74) is 7.33. The zero-order valence-corrected chi connectivity index (χ0v) is 23.8. The molecule has 0 spiro atoms. The quantitative estimate of drug-likeness (QED) is 0.101. The topological polar surface area (TPSA) is 214 Å². The molecule has 0 unspecified atom stereocenters. The number of hydrogen-bond acceptors (Lipinski definition) is 12. The number of nitrogens with one attached hydrogen (secondary N) is 3. The molecule has 0 fully saturated rings. The Morgan fingerprint density at radius 1 is 0.556 bits per heavy atom. The normalized spacial score (nSPS) is 14.3. The number of fused-ring (bicyclic) bond motifs is 19. The van der Waals surface area contributed by atoms with Gasteiger partial charge in [-0.15, -0.1) is 0 Å². The predicted octanol–water partition coefficient (Wildman–Crippen LogP) is -5.10. The van der Waals surface area contributed by atoms with E-state index in [2.05, 4.69) is 51.8 Å². The summed E-state index contributed by atoms with van der Waals surface area (Å²) >= 11 is -1.02. The molecule has 0 radical (unpaired) electrons. The molecule has 0 amide bonds. The molecule has 36 heavy (non-hydrogen) atoms. The summed E-state index contributed by atoms with van der Waals surface area (Å²) in [6.45, 7) is 0. The average molecular weight is 735 g/mol. The predicted molar refractivity (Wildman–Crippen MR) is 125 cm³/mol. The van der Waals surface area contributed by atoms with E-state index in [-0.39, 0.29) is 59.8 Å². The minimum absolute atomic E-state index is 0.173. The summed E-state index contributed by atoms with van der Waals surface area (Å²) in [6.07, 6.45) is 0. The molecule has 0 aromatic carbocycles. The van der Waals surface area contributed by atoms with Crippen LogP contribution in [0.2, 0.25) is 0 Å². The Morgan fingerprint density at radius 3 is 1.94 bits per heavy atom. The SMILES string of the molecule is N1=C2N=c3[nH]c(c4n[se]nc34)=[N+]=c3[nH]c(c4n[se]nc34)=Nc3nc(c4[nH][se]nc3-4)N=C1c1n[se]nc12. The van der Waals surface area contributed by atoms with E-state index in [0.717, 1.165) is 5.69 Å². The second-order valence-corrected chi connectivity index (χ2v) is 12.0. The van der Waals surface area contributed by atoms with Crippen LogP contribution in [0.3, 0.4) is 0 Å². The van der Waals surface area contributed by atoms with Crippen molar-refractivity contribution >= 4 is 105 Å². The number of H-pyrrole nitrogens is 3. The Labute approximate surface area is 220 Å². The Morgan fingerprint density at radius 2 is 1.19 bits per heavy atom. The van der Waals surface area contributed by atoms with Crippen molar-refractivity contribution < 1.29 is 0 Å². The monoisotopic (exact) mass is 739 g/mol. The Bertz CT molecular complexity index is 2330. The first kappa shape index (κ1) is 19.8. The first-order valence-corrected chi connectivity index (χ1v) is 16.2. The van der Waals surface area contributed by atoms with E-state index in [4.69, 9.17) is 19.6 Å².